The van der Waals surface area contributed by atoms with E-state index >= 15 is 0 Å². The van der Waals surface area contributed by atoms with Gasteiger partial charge in [-0.2, -0.15) is 0 Å². The van der Waals surface area contributed by atoms with Crippen LogP contribution in [0, 0.1) is 5.82 Å². The summed E-state index contributed by atoms with van der Waals surface area (Å²) in [6.07, 6.45) is 2.71. The number of hydrogen-bond donors (Lipinski definition) is 3. The molecule has 0 amide bonds. The zero-order valence-corrected chi connectivity index (χ0v) is 17.0. The van der Waals surface area contributed by atoms with Crippen molar-refractivity contribution >= 4 is 17.6 Å². The van der Waals surface area contributed by atoms with Crippen LogP contribution in [0.1, 0.15) is 43.7 Å². The molecule has 0 radical (unpaired) electrons. The van der Waals surface area contributed by atoms with Gasteiger partial charge in [-0.1, -0.05) is 32.1 Å². The van der Waals surface area contributed by atoms with E-state index in [2.05, 4.69) is 13.8 Å². The molecule has 6 heteroatoms. The summed E-state index contributed by atoms with van der Waals surface area (Å²) in [5.41, 5.74) is 4.72. The van der Waals surface area contributed by atoms with Crippen LogP contribution in [0.25, 0.3) is 22.9 Å². The molecule has 0 bridgehead atoms. The molecule has 3 rings (SSSR count). The monoisotopic (exact) mass is 411 g/mol. The van der Waals surface area contributed by atoms with Gasteiger partial charge in [-0.15, -0.1) is 0 Å². The van der Waals surface area contributed by atoms with Gasteiger partial charge < -0.3 is 19.7 Å². The molecule has 1 aromatic carbocycles. The highest BCUT2D eigenvalue weighted by Gasteiger charge is 2.20. The van der Waals surface area contributed by atoms with E-state index in [1.54, 1.807) is 24.3 Å². The molecule has 3 aromatic rings. The lowest BCUT2D eigenvalue weighted by Gasteiger charge is -2.12. The maximum absolute atomic E-state index is 13.5. The molecule has 2 heterocycles. The van der Waals surface area contributed by atoms with Crippen molar-refractivity contribution in [2.45, 2.75) is 44.8 Å². The minimum atomic E-state index is -1.13. The molecule has 0 aliphatic heterocycles. The second-order valence-corrected chi connectivity index (χ2v) is 7.71. The zero-order chi connectivity index (χ0) is 21.8. The van der Waals surface area contributed by atoms with Crippen LogP contribution >= 0.6 is 0 Å². The molecule has 0 fully saturated rings. The largest absolute Gasteiger partial charge is 0.481 e. The van der Waals surface area contributed by atoms with Crippen LogP contribution in [0.3, 0.4) is 0 Å². The van der Waals surface area contributed by atoms with Gasteiger partial charge in [0, 0.05) is 23.7 Å². The summed E-state index contributed by atoms with van der Waals surface area (Å²) in [5.74, 6) is -1.24. The third kappa shape index (κ3) is 4.78. The van der Waals surface area contributed by atoms with Gasteiger partial charge in [0.2, 0.25) is 0 Å². The standard InChI is InChI=1S/C24H26FNO4/c1-15(2)23-20(11-10-18(27)13-19(28)14-22(29)30)24(16-6-8-17(25)9-7-16)26-12-4-3-5-21(23)26/h3-12,15,18-19,27-28H,13-14H2,1-2H3,(H,29,30)/b11-10+/t18-,19-/m1/s1. The Bertz CT molecular complexity index is 1050. The van der Waals surface area contributed by atoms with Gasteiger partial charge in [0.25, 0.3) is 0 Å². The van der Waals surface area contributed by atoms with Crippen LogP contribution in [-0.2, 0) is 4.79 Å². The first-order chi connectivity index (χ1) is 14.3. The molecule has 5 nitrogen and oxygen atoms in total. The van der Waals surface area contributed by atoms with Crippen molar-refractivity contribution in [3.63, 3.8) is 0 Å². The molecule has 0 saturated carbocycles. The normalized spacial score (nSPS) is 13.9. The van der Waals surface area contributed by atoms with Crippen molar-refractivity contribution in [2.75, 3.05) is 0 Å². The predicted molar refractivity (Wildman–Crippen MR) is 115 cm³/mol. The Balaban J connectivity index is 2.08. The summed E-state index contributed by atoms with van der Waals surface area (Å²) in [7, 11) is 0. The Morgan fingerprint density at radius 1 is 1.13 bits per heavy atom. The van der Waals surface area contributed by atoms with Crippen molar-refractivity contribution in [3.05, 3.63) is 71.7 Å². The number of carboxylic acid groups (broad SMARTS) is 1. The van der Waals surface area contributed by atoms with Crippen molar-refractivity contribution in [3.8, 4) is 11.3 Å². The molecule has 0 aliphatic carbocycles. The highest BCUT2D eigenvalue weighted by Crippen LogP contribution is 2.37. The summed E-state index contributed by atoms with van der Waals surface area (Å²) < 4.78 is 15.5. The lowest BCUT2D eigenvalue weighted by atomic mass is 9.95. The zero-order valence-electron chi connectivity index (χ0n) is 17.0. The van der Waals surface area contributed by atoms with Gasteiger partial charge in [0.05, 0.1) is 24.3 Å². The van der Waals surface area contributed by atoms with Gasteiger partial charge in [0.15, 0.2) is 0 Å². The number of nitrogens with zero attached hydrogens (tertiary/aromatic N) is 1. The number of fused-ring (bicyclic) bond motifs is 1. The lowest BCUT2D eigenvalue weighted by molar-refractivity contribution is -0.139. The highest BCUT2D eigenvalue weighted by atomic mass is 19.1. The summed E-state index contributed by atoms with van der Waals surface area (Å²) in [6, 6.07) is 12.2. The fourth-order valence-electron chi connectivity index (χ4n) is 3.78. The first kappa shape index (κ1) is 21.7. The van der Waals surface area contributed by atoms with Crippen molar-refractivity contribution in [1.29, 1.82) is 0 Å². The first-order valence-electron chi connectivity index (χ1n) is 9.93. The number of aliphatic hydroxyl groups is 2. The van der Waals surface area contributed by atoms with E-state index in [-0.39, 0.29) is 18.2 Å². The molecule has 2 atom stereocenters. The smallest absolute Gasteiger partial charge is 0.305 e. The molecule has 0 unspecified atom stereocenters. The number of carbonyl (C=O) groups is 1. The summed E-state index contributed by atoms with van der Waals surface area (Å²) in [5, 5.41) is 28.9. The maximum Gasteiger partial charge on any atom is 0.305 e. The number of hydrogen-bond acceptors (Lipinski definition) is 3. The fourth-order valence-corrected chi connectivity index (χ4v) is 3.78. The molecule has 2 aromatic heterocycles. The second-order valence-electron chi connectivity index (χ2n) is 7.71. The molecular weight excluding hydrogens is 385 g/mol. The number of rotatable bonds is 8. The number of aliphatic carboxylic acids is 1. The van der Waals surface area contributed by atoms with Crippen LogP contribution < -0.4 is 0 Å². The molecule has 0 aliphatic rings. The maximum atomic E-state index is 13.5. The van der Waals surface area contributed by atoms with E-state index < -0.39 is 24.6 Å². The van der Waals surface area contributed by atoms with E-state index in [4.69, 9.17) is 5.11 Å². The number of benzene rings is 1. The van der Waals surface area contributed by atoms with Gasteiger partial charge in [-0.25, -0.2) is 4.39 Å². The topological polar surface area (TPSA) is 82.2 Å². The second kappa shape index (κ2) is 9.24. The van der Waals surface area contributed by atoms with E-state index in [1.807, 2.05) is 28.8 Å². The van der Waals surface area contributed by atoms with Crippen molar-refractivity contribution in [2.24, 2.45) is 0 Å². The molecular formula is C24H26FNO4. The Kier molecular flexibility index (Phi) is 6.70. The van der Waals surface area contributed by atoms with Gasteiger partial charge in [0.1, 0.15) is 5.82 Å². The van der Waals surface area contributed by atoms with E-state index in [9.17, 15) is 19.4 Å². The van der Waals surface area contributed by atoms with E-state index in [0.29, 0.717) is 0 Å². The van der Waals surface area contributed by atoms with Gasteiger partial charge in [-0.05, 0) is 53.4 Å². The number of aliphatic hydroxyl groups excluding tert-OH is 2. The Morgan fingerprint density at radius 3 is 2.47 bits per heavy atom. The number of carboxylic acids is 1. The molecule has 158 valence electrons. The Morgan fingerprint density at radius 2 is 1.83 bits per heavy atom. The molecule has 3 N–H and O–H groups in total. The Hall–Kier alpha value is -2.96. The van der Waals surface area contributed by atoms with Crippen LogP contribution in [0.2, 0.25) is 0 Å². The van der Waals surface area contributed by atoms with Crippen molar-refractivity contribution in [1.82, 2.24) is 4.40 Å². The van der Waals surface area contributed by atoms with Gasteiger partial charge in [-0.3, -0.25) is 4.79 Å². The van der Waals surface area contributed by atoms with Crippen LogP contribution in [0.4, 0.5) is 4.39 Å². The average Bonchev–Trinajstić information content (AvgIpc) is 3.00. The minimum absolute atomic E-state index is 0.0704. The summed E-state index contributed by atoms with van der Waals surface area (Å²) in [6.45, 7) is 4.17. The minimum Gasteiger partial charge on any atom is -0.481 e. The SMILES string of the molecule is CC(C)c1c(/C=C/[C@@H](O)C[C@@H](O)CC(=O)O)c(-c2ccc(F)cc2)n2ccccc12. The van der Waals surface area contributed by atoms with Crippen LogP contribution in [0.5, 0.6) is 0 Å². The highest BCUT2D eigenvalue weighted by molar-refractivity contribution is 5.83. The van der Waals surface area contributed by atoms with Crippen LogP contribution in [-0.4, -0.2) is 37.9 Å². The number of aromatic nitrogens is 1. The van der Waals surface area contributed by atoms with Gasteiger partial charge >= 0.3 is 5.97 Å². The van der Waals surface area contributed by atoms with Crippen molar-refractivity contribution < 1.29 is 24.5 Å². The number of pyridine rings is 1. The molecule has 30 heavy (non-hydrogen) atoms. The van der Waals surface area contributed by atoms with E-state index in [0.717, 1.165) is 27.9 Å². The third-order valence-corrected chi connectivity index (χ3v) is 5.03. The molecule has 0 saturated heterocycles. The number of halogens is 1. The lowest BCUT2D eigenvalue weighted by Crippen LogP contribution is -2.19. The third-order valence-electron chi connectivity index (χ3n) is 5.03. The Labute approximate surface area is 174 Å². The fraction of sp³-hybridized carbons (Fsp3) is 0.292. The predicted octanol–water partition coefficient (Wildman–Crippen LogP) is 4.47. The summed E-state index contributed by atoms with van der Waals surface area (Å²) >= 11 is 0. The molecule has 0 spiro atoms. The first-order valence-corrected chi connectivity index (χ1v) is 9.93. The quantitative estimate of drug-likeness (QED) is 0.511. The average molecular weight is 411 g/mol. The summed E-state index contributed by atoms with van der Waals surface area (Å²) in [4.78, 5) is 10.7. The van der Waals surface area contributed by atoms with Crippen LogP contribution in [0.15, 0.2) is 54.7 Å². The van der Waals surface area contributed by atoms with E-state index in [1.165, 1.54) is 12.1 Å².